The van der Waals surface area contributed by atoms with Gasteiger partial charge in [-0.15, -0.1) is 11.3 Å². The van der Waals surface area contributed by atoms with Crippen LogP contribution in [0.2, 0.25) is 0 Å². The highest BCUT2D eigenvalue weighted by Crippen LogP contribution is 2.23. The van der Waals surface area contributed by atoms with E-state index < -0.39 is 0 Å². The highest BCUT2D eigenvalue weighted by Gasteiger charge is 2.30. The van der Waals surface area contributed by atoms with Crippen LogP contribution in [0.5, 0.6) is 0 Å². The molecule has 0 unspecified atom stereocenters. The number of carbonyl (C=O) groups is 2. The van der Waals surface area contributed by atoms with Gasteiger partial charge in [0, 0.05) is 26.1 Å². The van der Waals surface area contributed by atoms with Crippen molar-refractivity contribution in [1.82, 2.24) is 9.80 Å². The summed E-state index contributed by atoms with van der Waals surface area (Å²) in [6, 6.07) is 7.55. The van der Waals surface area contributed by atoms with Crippen LogP contribution in [0.25, 0.3) is 0 Å². The van der Waals surface area contributed by atoms with E-state index in [-0.39, 0.29) is 17.7 Å². The Kier molecular flexibility index (Phi) is 5.04. The number of piperidine rings is 1. The molecule has 0 N–H and O–H groups in total. The predicted molar refractivity (Wildman–Crippen MR) is 92.9 cm³/mol. The average molecular weight is 346 g/mol. The molecule has 0 spiro atoms. The van der Waals surface area contributed by atoms with Gasteiger partial charge in [0.1, 0.15) is 11.5 Å². The van der Waals surface area contributed by atoms with Crippen LogP contribution in [-0.4, -0.2) is 41.8 Å². The Morgan fingerprint density at radius 2 is 2.04 bits per heavy atom. The number of aryl methyl sites for hydroxylation is 1. The van der Waals surface area contributed by atoms with Crippen LogP contribution in [0.15, 0.2) is 34.1 Å². The molecular formula is C18H22N2O3S. The van der Waals surface area contributed by atoms with Crippen molar-refractivity contribution in [3.05, 3.63) is 46.0 Å². The lowest BCUT2D eigenvalue weighted by molar-refractivity contribution is -0.136. The predicted octanol–water partition coefficient (Wildman–Crippen LogP) is 3.16. The number of hydrogen-bond donors (Lipinski definition) is 0. The molecule has 0 aliphatic carbocycles. The quantitative estimate of drug-likeness (QED) is 0.854. The Labute approximate surface area is 145 Å². The Bertz CT molecular complexity index is 700. The topological polar surface area (TPSA) is 53.8 Å². The number of rotatable bonds is 4. The van der Waals surface area contributed by atoms with Crippen molar-refractivity contribution in [1.29, 1.82) is 0 Å². The standard InChI is InChI=1S/C18H22N2O3S/c1-13-5-6-15(23-13)12-19(2)17(21)14-7-9-20(10-8-14)18(22)16-4-3-11-24-16/h3-6,11,14H,7-10,12H2,1-2H3. The molecule has 0 atom stereocenters. The first-order chi connectivity index (χ1) is 11.5. The Morgan fingerprint density at radius 3 is 2.62 bits per heavy atom. The summed E-state index contributed by atoms with van der Waals surface area (Å²) >= 11 is 1.46. The Morgan fingerprint density at radius 1 is 1.29 bits per heavy atom. The molecule has 1 aliphatic rings. The summed E-state index contributed by atoms with van der Waals surface area (Å²) in [5, 5.41) is 1.91. The summed E-state index contributed by atoms with van der Waals surface area (Å²) in [4.78, 5) is 29.3. The molecule has 0 saturated carbocycles. The van der Waals surface area contributed by atoms with Crippen molar-refractivity contribution >= 4 is 23.2 Å². The summed E-state index contributed by atoms with van der Waals surface area (Å²) in [6.45, 7) is 3.66. The molecular weight excluding hydrogens is 324 g/mol. The summed E-state index contributed by atoms with van der Waals surface area (Å²) in [5.74, 6) is 1.85. The van der Waals surface area contributed by atoms with Gasteiger partial charge in [-0.2, -0.15) is 0 Å². The number of furan rings is 1. The lowest BCUT2D eigenvalue weighted by atomic mass is 9.95. The van der Waals surface area contributed by atoms with Gasteiger partial charge in [-0.25, -0.2) is 0 Å². The lowest BCUT2D eigenvalue weighted by Crippen LogP contribution is -2.43. The molecule has 1 saturated heterocycles. The van der Waals surface area contributed by atoms with E-state index in [0.717, 1.165) is 29.2 Å². The first kappa shape index (κ1) is 16.8. The number of amides is 2. The van der Waals surface area contributed by atoms with Crippen molar-refractivity contribution in [2.45, 2.75) is 26.3 Å². The second-order valence-corrected chi connectivity index (χ2v) is 7.20. The zero-order valence-electron chi connectivity index (χ0n) is 14.0. The molecule has 0 bridgehead atoms. The number of thiophene rings is 1. The van der Waals surface area contributed by atoms with E-state index in [4.69, 9.17) is 4.42 Å². The largest absolute Gasteiger partial charge is 0.464 e. The minimum atomic E-state index is -0.0153. The summed E-state index contributed by atoms with van der Waals surface area (Å²) in [7, 11) is 1.81. The zero-order valence-corrected chi connectivity index (χ0v) is 14.8. The normalized spacial score (nSPS) is 15.5. The van der Waals surface area contributed by atoms with E-state index in [1.54, 1.807) is 4.90 Å². The molecule has 24 heavy (non-hydrogen) atoms. The van der Waals surface area contributed by atoms with Gasteiger partial charge >= 0.3 is 0 Å². The van der Waals surface area contributed by atoms with Crippen LogP contribution >= 0.6 is 11.3 Å². The molecule has 3 rings (SSSR count). The Hall–Kier alpha value is -2.08. The van der Waals surface area contributed by atoms with Crippen LogP contribution in [-0.2, 0) is 11.3 Å². The van der Waals surface area contributed by atoms with Crippen molar-refractivity contribution in [2.75, 3.05) is 20.1 Å². The third kappa shape index (κ3) is 3.70. The van der Waals surface area contributed by atoms with Crippen LogP contribution in [0.1, 0.15) is 34.0 Å². The van der Waals surface area contributed by atoms with E-state index in [1.807, 2.05) is 48.5 Å². The fraction of sp³-hybridized carbons (Fsp3) is 0.444. The molecule has 1 aliphatic heterocycles. The average Bonchev–Trinajstić information content (AvgIpc) is 3.25. The second-order valence-electron chi connectivity index (χ2n) is 6.25. The van der Waals surface area contributed by atoms with E-state index in [2.05, 4.69) is 0 Å². The van der Waals surface area contributed by atoms with E-state index in [1.165, 1.54) is 11.3 Å². The lowest BCUT2D eigenvalue weighted by Gasteiger charge is -2.32. The maximum Gasteiger partial charge on any atom is 0.263 e. The minimum absolute atomic E-state index is 0.0153. The highest BCUT2D eigenvalue weighted by molar-refractivity contribution is 7.12. The minimum Gasteiger partial charge on any atom is -0.464 e. The third-order valence-electron chi connectivity index (χ3n) is 4.43. The number of hydrogen-bond acceptors (Lipinski definition) is 4. The van der Waals surface area contributed by atoms with E-state index in [0.29, 0.717) is 19.6 Å². The molecule has 0 radical (unpaired) electrons. The summed E-state index contributed by atoms with van der Waals surface area (Å²) in [5.41, 5.74) is 0. The van der Waals surface area contributed by atoms with Gasteiger partial charge in [-0.05, 0) is 43.3 Å². The number of nitrogens with zero attached hydrogens (tertiary/aromatic N) is 2. The van der Waals surface area contributed by atoms with Gasteiger partial charge in [0.05, 0.1) is 11.4 Å². The Balaban J connectivity index is 1.52. The molecule has 3 heterocycles. The molecule has 2 amide bonds. The smallest absolute Gasteiger partial charge is 0.263 e. The van der Waals surface area contributed by atoms with Crippen molar-refractivity contribution in [2.24, 2.45) is 5.92 Å². The second kappa shape index (κ2) is 7.21. The fourth-order valence-corrected chi connectivity index (χ4v) is 3.77. The van der Waals surface area contributed by atoms with Gasteiger partial charge in [0.15, 0.2) is 0 Å². The summed E-state index contributed by atoms with van der Waals surface area (Å²) < 4.78 is 5.54. The first-order valence-electron chi connectivity index (χ1n) is 8.17. The van der Waals surface area contributed by atoms with E-state index >= 15 is 0 Å². The molecule has 5 nitrogen and oxygen atoms in total. The maximum atomic E-state index is 12.6. The van der Waals surface area contributed by atoms with Crippen LogP contribution in [0.4, 0.5) is 0 Å². The SMILES string of the molecule is Cc1ccc(CN(C)C(=O)C2CCN(C(=O)c3cccs3)CC2)o1. The van der Waals surface area contributed by atoms with Crippen molar-refractivity contribution in [3.8, 4) is 0 Å². The maximum absolute atomic E-state index is 12.6. The van der Waals surface area contributed by atoms with Crippen LogP contribution in [0.3, 0.4) is 0 Å². The van der Waals surface area contributed by atoms with Gasteiger partial charge in [0.25, 0.3) is 5.91 Å². The van der Waals surface area contributed by atoms with Crippen molar-refractivity contribution in [3.63, 3.8) is 0 Å². The van der Waals surface area contributed by atoms with Gasteiger partial charge in [0.2, 0.25) is 5.91 Å². The zero-order chi connectivity index (χ0) is 17.1. The third-order valence-corrected chi connectivity index (χ3v) is 5.29. The molecule has 1 fully saturated rings. The highest BCUT2D eigenvalue weighted by atomic mass is 32.1. The molecule has 2 aromatic heterocycles. The number of likely N-dealkylation sites (tertiary alicyclic amines) is 1. The van der Waals surface area contributed by atoms with Gasteiger partial charge < -0.3 is 14.2 Å². The van der Waals surface area contributed by atoms with Gasteiger partial charge in [-0.1, -0.05) is 6.07 Å². The van der Waals surface area contributed by atoms with Crippen LogP contribution < -0.4 is 0 Å². The fourth-order valence-electron chi connectivity index (χ4n) is 3.08. The monoisotopic (exact) mass is 346 g/mol. The van der Waals surface area contributed by atoms with Crippen LogP contribution in [0, 0.1) is 12.8 Å². The molecule has 6 heteroatoms. The first-order valence-corrected chi connectivity index (χ1v) is 9.05. The molecule has 128 valence electrons. The number of carbonyl (C=O) groups excluding carboxylic acids is 2. The molecule has 2 aromatic rings. The molecule has 0 aromatic carbocycles. The van der Waals surface area contributed by atoms with Gasteiger partial charge in [-0.3, -0.25) is 9.59 Å². The summed E-state index contributed by atoms with van der Waals surface area (Å²) in [6.07, 6.45) is 1.44. The van der Waals surface area contributed by atoms with E-state index in [9.17, 15) is 9.59 Å². The van der Waals surface area contributed by atoms with Crippen molar-refractivity contribution < 1.29 is 14.0 Å².